The van der Waals surface area contributed by atoms with Gasteiger partial charge in [-0.3, -0.25) is 9.59 Å². The predicted octanol–water partition coefficient (Wildman–Crippen LogP) is 5.98. The van der Waals surface area contributed by atoms with E-state index in [1.165, 1.54) is 32.6 Å². The molecule has 0 aromatic carbocycles. The summed E-state index contributed by atoms with van der Waals surface area (Å²) in [5.74, 6) is 3.44. The molecule has 10 atom stereocenters. The summed E-state index contributed by atoms with van der Waals surface area (Å²) in [5, 5.41) is 0. The van der Waals surface area contributed by atoms with Crippen LogP contribution in [0.1, 0.15) is 92.4 Å². The molecule has 0 aromatic rings. The molecule has 4 heteroatoms. The van der Waals surface area contributed by atoms with Crippen molar-refractivity contribution in [3.8, 4) is 0 Å². The number of hydrogen-bond donors (Lipinski definition) is 0. The molecule has 0 heterocycles. The number of carbonyl (C=O) groups excluding carboxylic acids is 2. The fraction of sp³-hybridized carbons (Fsp3) is 0.889. The SMILES string of the molecule is [CH2]C[C@@H](C)[C@H]1CC[C@H]2[C@@H]3CCC4CC(OC(C)=O)CC[C@]4(C)[C@H]3CC(OC(C)=O)[C@]12C. The quantitative estimate of drug-likeness (QED) is 0.514. The minimum Gasteiger partial charge on any atom is -0.463 e. The molecule has 4 fully saturated rings. The molecular formula is C27H43O4. The molecule has 31 heavy (non-hydrogen) atoms. The van der Waals surface area contributed by atoms with E-state index in [2.05, 4.69) is 27.7 Å². The summed E-state index contributed by atoms with van der Waals surface area (Å²) in [5.41, 5.74) is 0.331. The van der Waals surface area contributed by atoms with Gasteiger partial charge in [0.2, 0.25) is 0 Å². The van der Waals surface area contributed by atoms with Crippen molar-refractivity contribution in [2.45, 2.75) is 105 Å². The van der Waals surface area contributed by atoms with Gasteiger partial charge in [0.05, 0.1) is 0 Å². The molecule has 0 aliphatic heterocycles. The van der Waals surface area contributed by atoms with Gasteiger partial charge >= 0.3 is 11.9 Å². The Bertz CT molecular complexity index is 703. The molecule has 0 spiro atoms. The Morgan fingerprint density at radius 1 is 0.968 bits per heavy atom. The zero-order valence-corrected chi connectivity index (χ0v) is 20.3. The number of ether oxygens (including phenoxy) is 2. The van der Waals surface area contributed by atoms with Gasteiger partial charge in [-0.25, -0.2) is 0 Å². The van der Waals surface area contributed by atoms with E-state index in [4.69, 9.17) is 9.47 Å². The minimum absolute atomic E-state index is 0.0134. The van der Waals surface area contributed by atoms with Crippen LogP contribution < -0.4 is 0 Å². The number of esters is 2. The van der Waals surface area contributed by atoms with Crippen molar-refractivity contribution in [3.63, 3.8) is 0 Å². The molecule has 4 saturated carbocycles. The van der Waals surface area contributed by atoms with Crippen molar-refractivity contribution in [2.24, 2.45) is 46.3 Å². The van der Waals surface area contributed by atoms with Gasteiger partial charge in [-0.1, -0.05) is 34.1 Å². The molecule has 4 aliphatic rings. The largest absolute Gasteiger partial charge is 0.463 e. The Labute approximate surface area is 189 Å². The van der Waals surface area contributed by atoms with Crippen LogP contribution in [0.4, 0.5) is 0 Å². The Hall–Kier alpha value is -1.06. The smallest absolute Gasteiger partial charge is 0.302 e. The van der Waals surface area contributed by atoms with E-state index >= 15 is 0 Å². The van der Waals surface area contributed by atoms with Crippen LogP contribution >= 0.6 is 0 Å². The van der Waals surface area contributed by atoms with E-state index in [9.17, 15) is 9.59 Å². The lowest BCUT2D eigenvalue weighted by Gasteiger charge is -2.62. The number of hydrogen-bond acceptors (Lipinski definition) is 4. The van der Waals surface area contributed by atoms with Crippen LogP contribution in [-0.2, 0) is 19.1 Å². The van der Waals surface area contributed by atoms with Crippen molar-refractivity contribution in [1.29, 1.82) is 0 Å². The molecule has 4 aliphatic carbocycles. The maximum Gasteiger partial charge on any atom is 0.302 e. The summed E-state index contributed by atoms with van der Waals surface area (Å²) in [6.07, 6.45) is 10.2. The number of fused-ring (bicyclic) bond motifs is 5. The van der Waals surface area contributed by atoms with Crippen LogP contribution in [0.15, 0.2) is 0 Å². The molecule has 3 unspecified atom stereocenters. The molecule has 0 aromatic heterocycles. The first-order valence-electron chi connectivity index (χ1n) is 12.7. The highest BCUT2D eigenvalue weighted by atomic mass is 16.5. The molecule has 175 valence electrons. The van der Waals surface area contributed by atoms with Gasteiger partial charge < -0.3 is 9.47 Å². The zero-order chi connectivity index (χ0) is 22.6. The molecular weight excluding hydrogens is 388 g/mol. The van der Waals surface area contributed by atoms with E-state index in [1.807, 2.05) is 0 Å². The lowest BCUT2D eigenvalue weighted by Crippen LogP contribution is -2.59. The maximum atomic E-state index is 12.2. The summed E-state index contributed by atoms with van der Waals surface area (Å²) >= 11 is 0. The van der Waals surface area contributed by atoms with E-state index in [1.54, 1.807) is 6.92 Å². The van der Waals surface area contributed by atoms with Gasteiger partial charge in [0.1, 0.15) is 12.2 Å². The van der Waals surface area contributed by atoms with Gasteiger partial charge in [-0.2, -0.15) is 0 Å². The fourth-order valence-corrected chi connectivity index (χ4v) is 9.04. The van der Waals surface area contributed by atoms with Crippen LogP contribution in [0.5, 0.6) is 0 Å². The van der Waals surface area contributed by atoms with E-state index in [-0.39, 0.29) is 35.0 Å². The summed E-state index contributed by atoms with van der Waals surface area (Å²) in [6, 6.07) is 0. The normalized spacial score (nSPS) is 47.5. The van der Waals surface area contributed by atoms with Gasteiger partial charge in [0.15, 0.2) is 0 Å². The fourth-order valence-electron chi connectivity index (χ4n) is 9.04. The summed E-state index contributed by atoms with van der Waals surface area (Å²) < 4.78 is 11.8. The zero-order valence-electron chi connectivity index (χ0n) is 20.3. The van der Waals surface area contributed by atoms with Crippen molar-refractivity contribution in [3.05, 3.63) is 6.92 Å². The summed E-state index contributed by atoms with van der Waals surface area (Å²) in [7, 11) is 0. The minimum atomic E-state index is -0.151. The van der Waals surface area contributed by atoms with Gasteiger partial charge in [0.25, 0.3) is 0 Å². The Morgan fingerprint density at radius 3 is 2.32 bits per heavy atom. The van der Waals surface area contributed by atoms with Gasteiger partial charge in [0, 0.05) is 19.3 Å². The number of rotatable bonds is 4. The van der Waals surface area contributed by atoms with E-state index in [0.29, 0.717) is 29.6 Å². The molecule has 0 amide bonds. The Balaban J connectivity index is 1.63. The van der Waals surface area contributed by atoms with Crippen LogP contribution in [0.3, 0.4) is 0 Å². The predicted molar refractivity (Wildman–Crippen MR) is 121 cm³/mol. The van der Waals surface area contributed by atoms with Crippen LogP contribution in [0.25, 0.3) is 0 Å². The van der Waals surface area contributed by atoms with Crippen molar-refractivity contribution < 1.29 is 19.1 Å². The lowest BCUT2D eigenvalue weighted by molar-refractivity contribution is -0.197. The van der Waals surface area contributed by atoms with Crippen LogP contribution in [0, 0.1) is 53.3 Å². The van der Waals surface area contributed by atoms with Crippen molar-refractivity contribution in [2.75, 3.05) is 0 Å². The first-order valence-corrected chi connectivity index (χ1v) is 12.7. The van der Waals surface area contributed by atoms with Crippen molar-refractivity contribution >= 4 is 11.9 Å². The first kappa shape index (κ1) is 23.1. The van der Waals surface area contributed by atoms with Crippen LogP contribution in [-0.4, -0.2) is 24.1 Å². The second-order valence-corrected chi connectivity index (χ2v) is 11.8. The highest BCUT2D eigenvalue weighted by Crippen LogP contribution is 2.69. The van der Waals surface area contributed by atoms with Crippen molar-refractivity contribution in [1.82, 2.24) is 0 Å². The molecule has 4 rings (SSSR count). The average Bonchev–Trinajstić information content (AvgIpc) is 3.06. The topological polar surface area (TPSA) is 52.6 Å². The van der Waals surface area contributed by atoms with E-state index < -0.39 is 0 Å². The molecule has 0 saturated heterocycles. The third-order valence-electron chi connectivity index (χ3n) is 10.5. The van der Waals surface area contributed by atoms with Gasteiger partial charge in [-0.15, -0.1) is 0 Å². The average molecular weight is 432 g/mol. The summed E-state index contributed by atoms with van der Waals surface area (Å²) in [4.78, 5) is 23.7. The van der Waals surface area contributed by atoms with E-state index in [0.717, 1.165) is 38.0 Å². The highest BCUT2D eigenvalue weighted by Gasteiger charge is 2.65. The maximum absolute atomic E-state index is 12.2. The van der Waals surface area contributed by atoms with Crippen LogP contribution in [0.2, 0.25) is 0 Å². The molecule has 0 N–H and O–H groups in total. The second-order valence-electron chi connectivity index (χ2n) is 11.8. The third kappa shape index (κ3) is 3.74. The second kappa shape index (κ2) is 8.37. The Kier molecular flexibility index (Phi) is 6.24. The molecule has 1 radical (unpaired) electrons. The summed E-state index contributed by atoms with van der Waals surface area (Å²) in [6.45, 7) is 14.6. The lowest BCUT2D eigenvalue weighted by atomic mass is 9.43. The number of carbonyl (C=O) groups is 2. The standard InChI is InChI=1S/C27H43O4/c1-7-16(2)22-10-11-23-21-9-8-19-14-20(30-17(3)28)12-13-26(19,5)24(21)15-25(27(22,23)6)31-18(4)29/h16,19-25H,1,7-15H2,2-6H3/t16-,19?,20?,21+,22-,23+,24+,25?,26+,27-/m1/s1. The first-order chi connectivity index (χ1) is 14.6. The third-order valence-corrected chi connectivity index (χ3v) is 10.5. The highest BCUT2D eigenvalue weighted by molar-refractivity contribution is 5.66. The molecule has 0 bridgehead atoms. The Morgan fingerprint density at radius 2 is 1.68 bits per heavy atom. The van der Waals surface area contributed by atoms with Gasteiger partial charge in [-0.05, 0) is 92.3 Å². The monoisotopic (exact) mass is 431 g/mol. The molecule has 4 nitrogen and oxygen atoms in total.